The summed E-state index contributed by atoms with van der Waals surface area (Å²) in [6, 6.07) is 2.30. The molecule has 1 heterocycles. The quantitative estimate of drug-likeness (QED) is 0.875. The average molecular weight is 235 g/mol. The van der Waals surface area contributed by atoms with Gasteiger partial charge in [-0.1, -0.05) is 26.2 Å². The molecule has 0 aromatic carbocycles. The van der Waals surface area contributed by atoms with Crippen molar-refractivity contribution in [3.05, 3.63) is 17.5 Å². The first-order valence-corrected chi connectivity index (χ1v) is 6.88. The fourth-order valence-electron chi connectivity index (χ4n) is 3.14. The zero-order chi connectivity index (χ0) is 12.4. The summed E-state index contributed by atoms with van der Waals surface area (Å²) in [6.07, 6.45) is 6.60. The van der Waals surface area contributed by atoms with Crippen molar-refractivity contribution in [1.29, 1.82) is 0 Å². The van der Waals surface area contributed by atoms with Gasteiger partial charge in [-0.2, -0.15) is 5.10 Å². The summed E-state index contributed by atoms with van der Waals surface area (Å²) in [5.41, 5.74) is 8.68. The van der Waals surface area contributed by atoms with Crippen molar-refractivity contribution in [2.75, 3.05) is 0 Å². The van der Waals surface area contributed by atoms with Gasteiger partial charge in [0.1, 0.15) is 0 Å². The zero-order valence-electron chi connectivity index (χ0n) is 11.3. The molecule has 1 atom stereocenters. The molecule has 0 aliphatic heterocycles. The molecule has 0 radical (unpaired) electrons. The molecule has 1 aliphatic rings. The van der Waals surface area contributed by atoms with Crippen LogP contribution in [0.15, 0.2) is 6.07 Å². The second kappa shape index (κ2) is 5.21. The Balaban J connectivity index is 2.01. The van der Waals surface area contributed by atoms with E-state index in [1.54, 1.807) is 0 Å². The molecule has 3 nitrogen and oxygen atoms in total. The zero-order valence-corrected chi connectivity index (χ0v) is 11.3. The summed E-state index contributed by atoms with van der Waals surface area (Å²) in [4.78, 5) is 0. The van der Waals surface area contributed by atoms with Gasteiger partial charge < -0.3 is 5.73 Å². The maximum atomic E-state index is 6.41. The molecule has 2 N–H and O–H groups in total. The third-order valence-electron chi connectivity index (χ3n) is 4.36. The van der Waals surface area contributed by atoms with Crippen molar-refractivity contribution in [1.82, 2.24) is 9.78 Å². The molecule has 0 saturated heterocycles. The number of nitrogens with two attached hydrogens (primary N) is 1. The Morgan fingerprint density at radius 3 is 2.53 bits per heavy atom. The molecule has 1 fully saturated rings. The minimum Gasteiger partial charge on any atom is -0.322 e. The van der Waals surface area contributed by atoms with Gasteiger partial charge in [0.15, 0.2) is 0 Å². The molecule has 2 rings (SSSR count). The number of rotatable bonds is 3. The van der Waals surface area contributed by atoms with Crippen LogP contribution in [0, 0.1) is 18.8 Å². The van der Waals surface area contributed by atoms with E-state index in [1.165, 1.54) is 37.8 Å². The van der Waals surface area contributed by atoms with Crippen LogP contribution in [0.2, 0.25) is 0 Å². The molecule has 1 saturated carbocycles. The normalized spacial score (nSPS) is 27.1. The van der Waals surface area contributed by atoms with Crippen LogP contribution in [0.4, 0.5) is 0 Å². The van der Waals surface area contributed by atoms with E-state index in [4.69, 9.17) is 5.73 Å². The van der Waals surface area contributed by atoms with Crippen molar-refractivity contribution in [2.24, 2.45) is 24.6 Å². The van der Waals surface area contributed by atoms with Gasteiger partial charge >= 0.3 is 0 Å². The van der Waals surface area contributed by atoms with Crippen LogP contribution < -0.4 is 5.73 Å². The van der Waals surface area contributed by atoms with Crippen LogP contribution in [0.5, 0.6) is 0 Å². The third kappa shape index (κ3) is 2.71. The maximum absolute atomic E-state index is 6.41. The number of nitrogens with zero attached hydrogens (tertiary/aromatic N) is 2. The fraction of sp³-hybridized carbons (Fsp3) is 0.786. The van der Waals surface area contributed by atoms with E-state index in [0.717, 1.165) is 11.6 Å². The highest BCUT2D eigenvalue weighted by molar-refractivity contribution is 5.13. The van der Waals surface area contributed by atoms with Crippen LogP contribution in [0.25, 0.3) is 0 Å². The van der Waals surface area contributed by atoms with Crippen LogP contribution in [-0.2, 0) is 7.05 Å². The van der Waals surface area contributed by atoms with Gasteiger partial charge in [-0.15, -0.1) is 0 Å². The highest BCUT2D eigenvalue weighted by Gasteiger charge is 2.27. The highest BCUT2D eigenvalue weighted by atomic mass is 15.3. The summed E-state index contributed by atoms with van der Waals surface area (Å²) in [5.74, 6) is 1.58. The lowest BCUT2D eigenvalue weighted by molar-refractivity contribution is 0.235. The Hall–Kier alpha value is -0.830. The van der Waals surface area contributed by atoms with Crippen molar-refractivity contribution in [3.63, 3.8) is 0 Å². The predicted octanol–water partition coefficient (Wildman–Crippen LogP) is 2.94. The first-order valence-electron chi connectivity index (χ1n) is 6.88. The van der Waals surface area contributed by atoms with Gasteiger partial charge in [-0.25, -0.2) is 0 Å². The molecular formula is C14H25N3. The topological polar surface area (TPSA) is 43.8 Å². The number of aryl methyl sites for hydroxylation is 2. The molecule has 0 amide bonds. The largest absolute Gasteiger partial charge is 0.322 e. The molecular weight excluding hydrogens is 210 g/mol. The SMILES string of the molecule is CCC1CCC(C(N)c2cc(C)nn2C)CC1. The van der Waals surface area contributed by atoms with E-state index in [-0.39, 0.29) is 6.04 Å². The summed E-state index contributed by atoms with van der Waals surface area (Å²) in [6.45, 7) is 4.33. The van der Waals surface area contributed by atoms with Crippen LogP contribution >= 0.6 is 0 Å². The average Bonchev–Trinajstić information content (AvgIpc) is 2.68. The summed E-state index contributed by atoms with van der Waals surface area (Å²) in [5, 5.41) is 4.39. The minimum absolute atomic E-state index is 0.166. The molecule has 1 aromatic heterocycles. The second-order valence-corrected chi connectivity index (χ2v) is 5.55. The lowest BCUT2D eigenvalue weighted by atomic mass is 9.77. The Morgan fingerprint density at radius 1 is 1.41 bits per heavy atom. The van der Waals surface area contributed by atoms with Crippen molar-refractivity contribution in [3.8, 4) is 0 Å². The molecule has 3 heteroatoms. The molecule has 96 valence electrons. The third-order valence-corrected chi connectivity index (χ3v) is 4.36. The molecule has 1 unspecified atom stereocenters. The minimum atomic E-state index is 0.166. The summed E-state index contributed by atoms with van der Waals surface area (Å²) >= 11 is 0. The highest BCUT2D eigenvalue weighted by Crippen LogP contribution is 2.36. The smallest absolute Gasteiger partial charge is 0.0597 e. The van der Waals surface area contributed by atoms with E-state index in [9.17, 15) is 0 Å². The lowest BCUT2D eigenvalue weighted by Crippen LogP contribution is -2.27. The molecule has 0 spiro atoms. The maximum Gasteiger partial charge on any atom is 0.0597 e. The van der Waals surface area contributed by atoms with E-state index in [1.807, 2.05) is 18.7 Å². The van der Waals surface area contributed by atoms with Gasteiger partial charge in [0.25, 0.3) is 0 Å². The standard InChI is InChI=1S/C14H25N3/c1-4-11-5-7-12(8-6-11)14(15)13-9-10(2)16-17(13)3/h9,11-12,14H,4-8,15H2,1-3H3. The van der Waals surface area contributed by atoms with Gasteiger partial charge in [0.2, 0.25) is 0 Å². The molecule has 1 aromatic rings. The van der Waals surface area contributed by atoms with Crippen LogP contribution in [-0.4, -0.2) is 9.78 Å². The first kappa shape index (κ1) is 12.6. The fourth-order valence-corrected chi connectivity index (χ4v) is 3.14. The number of hydrogen-bond acceptors (Lipinski definition) is 2. The predicted molar refractivity (Wildman–Crippen MR) is 70.6 cm³/mol. The van der Waals surface area contributed by atoms with E-state index in [0.29, 0.717) is 5.92 Å². The van der Waals surface area contributed by atoms with E-state index < -0.39 is 0 Å². The number of aromatic nitrogens is 2. The summed E-state index contributed by atoms with van der Waals surface area (Å²) < 4.78 is 1.95. The van der Waals surface area contributed by atoms with Gasteiger partial charge in [0.05, 0.1) is 11.4 Å². The Kier molecular flexibility index (Phi) is 3.87. The van der Waals surface area contributed by atoms with Gasteiger partial charge in [-0.3, -0.25) is 4.68 Å². The second-order valence-electron chi connectivity index (χ2n) is 5.55. The summed E-state index contributed by atoms with van der Waals surface area (Å²) in [7, 11) is 2.00. The molecule has 17 heavy (non-hydrogen) atoms. The van der Waals surface area contributed by atoms with Crippen molar-refractivity contribution in [2.45, 2.75) is 52.0 Å². The molecule has 0 bridgehead atoms. The van der Waals surface area contributed by atoms with Crippen LogP contribution in [0.1, 0.15) is 56.5 Å². The monoisotopic (exact) mass is 235 g/mol. The van der Waals surface area contributed by atoms with Crippen LogP contribution in [0.3, 0.4) is 0 Å². The van der Waals surface area contributed by atoms with Crippen molar-refractivity contribution >= 4 is 0 Å². The van der Waals surface area contributed by atoms with E-state index >= 15 is 0 Å². The Morgan fingerprint density at radius 2 is 2.06 bits per heavy atom. The Bertz CT molecular complexity index is 362. The number of hydrogen-bond donors (Lipinski definition) is 1. The van der Waals surface area contributed by atoms with Gasteiger partial charge in [0, 0.05) is 13.1 Å². The Labute approximate surface area is 104 Å². The van der Waals surface area contributed by atoms with Gasteiger partial charge in [-0.05, 0) is 37.7 Å². The van der Waals surface area contributed by atoms with E-state index in [2.05, 4.69) is 18.1 Å². The lowest BCUT2D eigenvalue weighted by Gasteiger charge is -2.31. The molecule has 1 aliphatic carbocycles. The van der Waals surface area contributed by atoms with Crippen molar-refractivity contribution < 1.29 is 0 Å². The first-order chi connectivity index (χ1) is 8.11.